The number of carbonyl (C=O) groups excluding carboxylic acids is 1. The number of aromatic amines is 2. The summed E-state index contributed by atoms with van der Waals surface area (Å²) in [7, 11) is 3.15. The van der Waals surface area contributed by atoms with Crippen LogP contribution in [0.4, 0.5) is 5.82 Å². The van der Waals surface area contributed by atoms with Gasteiger partial charge in [-0.25, -0.2) is 4.79 Å². The number of fused-ring (bicyclic) bond motifs is 1. The number of benzene rings is 2. The Hall–Kier alpha value is -4.47. The Labute approximate surface area is 205 Å². The van der Waals surface area contributed by atoms with Crippen molar-refractivity contribution in [2.24, 2.45) is 0 Å². The Bertz CT molecular complexity index is 1420. The largest absolute Gasteiger partial charge is 0.493 e. The van der Waals surface area contributed by atoms with Gasteiger partial charge in [-0.15, -0.1) is 0 Å². The second kappa shape index (κ2) is 9.29. The van der Waals surface area contributed by atoms with Crippen LogP contribution in [0.1, 0.15) is 41.4 Å². The van der Waals surface area contributed by atoms with Gasteiger partial charge in [0.1, 0.15) is 11.6 Å². The molecule has 1 aromatic heterocycles. The van der Waals surface area contributed by atoms with Gasteiger partial charge in [-0.3, -0.25) is 19.8 Å². The second-order valence-electron chi connectivity index (χ2n) is 8.71. The number of methoxy groups -OCH3 is 2. The van der Waals surface area contributed by atoms with Crippen LogP contribution in [0.3, 0.4) is 0 Å². The van der Waals surface area contributed by atoms with Crippen molar-refractivity contribution in [1.29, 1.82) is 0 Å². The molecular weight excluding hydrogens is 466 g/mol. The first-order valence-electron chi connectivity index (χ1n) is 11.4. The number of aromatic nitrogens is 2. The Morgan fingerprint density at radius 3 is 2.39 bits per heavy atom. The highest BCUT2D eigenvalue weighted by Crippen LogP contribution is 2.47. The van der Waals surface area contributed by atoms with Crippen LogP contribution in [0, 0.1) is 0 Å². The number of H-pyrrole nitrogens is 2. The summed E-state index contributed by atoms with van der Waals surface area (Å²) >= 11 is 0. The molecule has 10 nitrogen and oxygen atoms in total. The van der Waals surface area contributed by atoms with Crippen molar-refractivity contribution in [2.75, 3.05) is 26.1 Å². The monoisotopic (exact) mass is 491 g/mol. The van der Waals surface area contributed by atoms with Crippen LogP contribution in [0.25, 0.3) is 0 Å². The van der Waals surface area contributed by atoms with E-state index in [2.05, 4.69) is 15.5 Å². The summed E-state index contributed by atoms with van der Waals surface area (Å²) < 4.78 is 16.0. The van der Waals surface area contributed by atoms with E-state index >= 15 is 0 Å². The highest BCUT2D eigenvalue weighted by atomic mass is 16.5. The fourth-order valence-corrected chi connectivity index (χ4v) is 5.00. The molecule has 0 radical (unpaired) electrons. The van der Waals surface area contributed by atoms with Gasteiger partial charge in [-0.1, -0.05) is 18.2 Å². The molecule has 2 atom stereocenters. The minimum atomic E-state index is -1.08. The standard InChI is InChI=1S/C26H25N3O7/c1-34-19-8-5-14(11-20(19)35-2)15-9-17-23(18(30)10-15)22(24-25(27-17)28-29-26(24)33)13-3-6-16(7-4-13)36-12-21(31)32/h3-8,11,15,22H,9-10,12H2,1-2H3,(H,31,32)(H3,27,28,29,33)/t15-,22-/m0/s1. The van der Waals surface area contributed by atoms with Gasteiger partial charge < -0.3 is 24.6 Å². The summed E-state index contributed by atoms with van der Waals surface area (Å²) in [4.78, 5) is 37.1. The van der Waals surface area contributed by atoms with Crippen molar-refractivity contribution in [1.82, 2.24) is 10.2 Å². The second-order valence-corrected chi connectivity index (χ2v) is 8.71. The molecule has 186 valence electrons. The molecule has 0 spiro atoms. The quantitative estimate of drug-likeness (QED) is 0.395. The summed E-state index contributed by atoms with van der Waals surface area (Å²) in [5, 5.41) is 17.6. The van der Waals surface area contributed by atoms with Gasteiger partial charge in [-0.2, -0.15) is 0 Å². The van der Waals surface area contributed by atoms with Crippen molar-refractivity contribution in [3.8, 4) is 17.2 Å². The van der Waals surface area contributed by atoms with Crippen molar-refractivity contribution in [2.45, 2.75) is 24.7 Å². The molecular formula is C26H25N3O7. The van der Waals surface area contributed by atoms with Gasteiger partial charge in [0.15, 0.2) is 23.9 Å². The first kappa shape index (κ1) is 23.3. The number of ether oxygens (including phenoxy) is 3. The van der Waals surface area contributed by atoms with Crippen molar-refractivity contribution >= 4 is 17.6 Å². The van der Waals surface area contributed by atoms with Gasteiger partial charge in [0.2, 0.25) is 0 Å². The number of ketones is 1. The van der Waals surface area contributed by atoms with Crippen LogP contribution < -0.4 is 25.1 Å². The number of carboxylic acids is 1. The third-order valence-electron chi connectivity index (χ3n) is 6.63. The number of anilines is 1. The normalized spacial score (nSPS) is 18.7. The van der Waals surface area contributed by atoms with Gasteiger partial charge in [0.05, 0.1) is 19.8 Å². The summed E-state index contributed by atoms with van der Waals surface area (Å²) in [6.45, 7) is -0.459. The first-order chi connectivity index (χ1) is 17.4. The molecule has 1 aliphatic carbocycles. The number of carbonyl (C=O) groups is 2. The molecule has 3 aromatic rings. The number of nitrogens with one attached hydrogen (secondary N) is 3. The molecule has 0 unspecified atom stereocenters. The zero-order valence-corrected chi connectivity index (χ0v) is 19.7. The SMILES string of the molecule is COc1ccc([C@@H]2CC(=O)C3=C(C2)Nc2[nH][nH]c(=O)c2[C@H]3c2ccc(OCC(=O)O)cc2)cc1OC. The predicted molar refractivity (Wildman–Crippen MR) is 130 cm³/mol. The summed E-state index contributed by atoms with van der Waals surface area (Å²) in [5.41, 5.74) is 3.13. The number of allylic oxidation sites excluding steroid dienone is 2. The van der Waals surface area contributed by atoms with Crippen molar-refractivity contribution < 1.29 is 28.9 Å². The minimum absolute atomic E-state index is 0.0500. The van der Waals surface area contributed by atoms with E-state index in [0.29, 0.717) is 40.6 Å². The maximum Gasteiger partial charge on any atom is 0.341 e. The third kappa shape index (κ3) is 4.10. The topological polar surface area (TPSA) is 143 Å². The lowest BCUT2D eigenvalue weighted by Gasteiger charge is -2.34. The Morgan fingerprint density at radius 1 is 0.972 bits per heavy atom. The van der Waals surface area contributed by atoms with Crippen molar-refractivity contribution in [3.05, 3.63) is 80.8 Å². The van der Waals surface area contributed by atoms with Gasteiger partial charge in [-0.05, 0) is 47.7 Å². The number of carboxylic acid groups (broad SMARTS) is 1. The molecule has 2 aliphatic rings. The lowest BCUT2D eigenvalue weighted by molar-refractivity contribution is -0.139. The highest BCUT2D eigenvalue weighted by molar-refractivity contribution is 6.01. The lowest BCUT2D eigenvalue weighted by Crippen LogP contribution is -2.31. The number of hydrogen-bond acceptors (Lipinski definition) is 7. The summed E-state index contributed by atoms with van der Waals surface area (Å²) in [6, 6.07) is 12.4. The first-order valence-corrected chi connectivity index (χ1v) is 11.4. The Morgan fingerprint density at radius 2 is 1.69 bits per heavy atom. The number of Topliss-reactive ketones (excluding diaryl/α,β-unsaturated/α-hetero) is 1. The number of hydrogen-bond donors (Lipinski definition) is 4. The molecule has 2 heterocycles. The fourth-order valence-electron chi connectivity index (χ4n) is 5.00. The Kier molecular flexibility index (Phi) is 6.01. The van der Waals surface area contributed by atoms with E-state index in [9.17, 15) is 14.4 Å². The van der Waals surface area contributed by atoms with Crippen LogP contribution >= 0.6 is 0 Å². The Balaban J connectivity index is 1.52. The van der Waals surface area contributed by atoms with E-state index in [1.54, 1.807) is 38.5 Å². The predicted octanol–water partition coefficient (Wildman–Crippen LogP) is 3.14. The average Bonchev–Trinajstić information content (AvgIpc) is 3.26. The zero-order valence-electron chi connectivity index (χ0n) is 19.7. The van der Waals surface area contributed by atoms with Crippen LogP contribution in [-0.2, 0) is 9.59 Å². The molecule has 0 saturated carbocycles. The smallest absolute Gasteiger partial charge is 0.341 e. The van der Waals surface area contributed by atoms with Crippen LogP contribution in [0.15, 0.2) is 58.5 Å². The van der Waals surface area contributed by atoms with Crippen LogP contribution in [0.2, 0.25) is 0 Å². The molecule has 0 bridgehead atoms. The van der Waals surface area contributed by atoms with Crippen molar-refractivity contribution in [3.63, 3.8) is 0 Å². The molecule has 36 heavy (non-hydrogen) atoms. The molecule has 10 heteroatoms. The zero-order chi connectivity index (χ0) is 25.4. The van der Waals surface area contributed by atoms with Gasteiger partial charge in [0.25, 0.3) is 5.56 Å². The summed E-state index contributed by atoms with van der Waals surface area (Å²) in [6.07, 6.45) is 0.851. The van der Waals surface area contributed by atoms with E-state index in [-0.39, 0.29) is 23.7 Å². The van der Waals surface area contributed by atoms with Crippen LogP contribution in [0.5, 0.6) is 17.2 Å². The minimum Gasteiger partial charge on any atom is -0.493 e. The van der Waals surface area contributed by atoms with E-state index in [4.69, 9.17) is 19.3 Å². The van der Waals surface area contributed by atoms with E-state index < -0.39 is 18.5 Å². The third-order valence-corrected chi connectivity index (χ3v) is 6.63. The molecule has 0 saturated heterocycles. The van der Waals surface area contributed by atoms with Crippen LogP contribution in [-0.4, -0.2) is 47.9 Å². The maximum atomic E-state index is 13.6. The molecule has 0 amide bonds. The maximum absolute atomic E-state index is 13.6. The van der Waals surface area contributed by atoms with Gasteiger partial charge >= 0.3 is 5.97 Å². The van der Waals surface area contributed by atoms with E-state index in [0.717, 1.165) is 16.8 Å². The van der Waals surface area contributed by atoms with E-state index in [1.165, 1.54) is 0 Å². The molecule has 1 aliphatic heterocycles. The lowest BCUT2D eigenvalue weighted by atomic mass is 9.73. The van der Waals surface area contributed by atoms with E-state index in [1.807, 2.05) is 18.2 Å². The van der Waals surface area contributed by atoms with Gasteiger partial charge in [0, 0.05) is 23.6 Å². The molecule has 2 aromatic carbocycles. The molecule has 0 fully saturated rings. The summed E-state index contributed by atoms with van der Waals surface area (Å²) in [5.74, 6) is 0.343. The fraction of sp³-hybridized carbons (Fsp3) is 0.269. The number of aliphatic carboxylic acids is 1. The number of rotatable bonds is 7. The average molecular weight is 492 g/mol. The molecule has 4 N–H and O–H groups in total. The molecule has 5 rings (SSSR count). The highest BCUT2D eigenvalue weighted by Gasteiger charge is 2.40.